The number of likely N-dealkylation sites (N-methyl/N-ethyl adjacent to an activating group) is 1. The van der Waals surface area contributed by atoms with Crippen molar-refractivity contribution in [2.45, 2.75) is 6.92 Å². The maximum Gasteiger partial charge on any atom is 0.311 e. The van der Waals surface area contributed by atoms with Crippen molar-refractivity contribution in [1.29, 1.82) is 0 Å². The smallest absolute Gasteiger partial charge is 0.311 e. The minimum atomic E-state index is -0.660. The summed E-state index contributed by atoms with van der Waals surface area (Å²) in [5.74, 6) is -0.232. The highest BCUT2D eigenvalue weighted by atomic mass is 16.6. The van der Waals surface area contributed by atoms with Gasteiger partial charge in [-0.2, -0.15) is 0 Å². The molecule has 3 aromatic rings. The molecule has 0 radical (unpaired) electrons. The second-order valence-corrected chi connectivity index (χ2v) is 7.78. The number of phenols is 1. The zero-order chi connectivity index (χ0) is 22.8. The van der Waals surface area contributed by atoms with Gasteiger partial charge in [0.15, 0.2) is 11.6 Å². The maximum absolute atomic E-state index is 13.5. The van der Waals surface area contributed by atoms with Gasteiger partial charge in [-0.15, -0.1) is 0 Å². The summed E-state index contributed by atoms with van der Waals surface area (Å²) < 4.78 is 0. The maximum atomic E-state index is 13.5. The van der Waals surface area contributed by atoms with Crippen LogP contribution in [0.5, 0.6) is 5.75 Å². The van der Waals surface area contributed by atoms with Gasteiger partial charge in [0.1, 0.15) is 0 Å². The van der Waals surface area contributed by atoms with Crippen LogP contribution in [0.2, 0.25) is 0 Å². The molecule has 1 saturated heterocycles. The molecular weight excluding hydrogens is 410 g/mol. The molecule has 1 amide bonds. The number of hydrogen-bond acceptors (Lipinski definition) is 7. The largest absolute Gasteiger partial charge is 0.502 e. The van der Waals surface area contributed by atoms with Crippen LogP contribution >= 0.6 is 0 Å². The lowest BCUT2D eigenvalue weighted by Gasteiger charge is -2.33. The van der Waals surface area contributed by atoms with Crippen LogP contribution in [0.15, 0.2) is 48.5 Å². The van der Waals surface area contributed by atoms with E-state index < -0.39 is 16.4 Å². The lowest BCUT2D eigenvalue weighted by molar-refractivity contribution is -0.385. The average Bonchev–Trinajstić information content (AvgIpc) is 2.79. The molecule has 2 aromatic carbocycles. The topological polar surface area (TPSA) is 113 Å². The molecule has 2 heterocycles. The highest BCUT2D eigenvalue weighted by Crippen LogP contribution is 2.34. The predicted octanol–water partition coefficient (Wildman–Crippen LogP) is 3.12. The lowest BCUT2D eigenvalue weighted by atomic mass is 10.0. The summed E-state index contributed by atoms with van der Waals surface area (Å²) in [6.07, 6.45) is 0. The van der Waals surface area contributed by atoms with Crippen LogP contribution in [-0.2, 0) is 0 Å². The number of piperazine rings is 1. The van der Waals surface area contributed by atoms with E-state index in [9.17, 15) is 20.0 Å². The molecule has 0 unspecified atom stereocenters. The Balaban J connectivity index is 1.88. The lowest BCUT2D eigenvalue weighted by Crippen LogP contribution is -2.47. The van der Waals surface area contributed by atoms with Gasteiger partial charge in [-0.25, -0.2) is 9.97 Å². The second-order valence-electron chi connectivity index (χ2n) is 7.78. The molecule has 4 rings (SSSR count). The third kappa shape index (κ3) is 4.15. The Bertz CT molecular complexity index is 1170. The second kappa shape index (κ2) is 8.72. The third-order valence-electron chi connectivity index (χ3n) is 5.57. The zero-order valence-electron chi connectivity index (χ0n) is 17.9. The number of aromatic nitrogens is 2. The first-order chi connectivity index (χ1) is 15.3. The van der Waals surface area contributed by atoms with Crippen molar-refractivity contribution in [3.8, 4) is 28.4 Å². The van der Waals surface area contributed by atoms with Crippen LogP contribution in [0.3, 0.4) is 0 Å². The number of hydrogen-bond donors (Lipinski definition) is 1. The summed E-state index contributed by atoms with van der Waals surface area (Å²) in [5.41, 5.74) is 1.81. The van der Waals surface area contributed by atoms with E-state index in [1.165, 1.54) is 18.2 Å². The molecule has 1 aliphatic heterocycles. The molecular formula is C23H23N5O4. The number of rotatable bonds is 4. The minimum Gasteiger partial charge on any atom is -0.502 e. The molecule has 1 N–H and O–H groups in total. The molecule has 1 aromatic heterocycles. The highest BCUT2D eigenvalue weighted by Gasteiger charge is 2.28. The van der Waals surface area contributed by atoms with E-state index in [4.69, 9.17) is 0 Å². The monoisotopic (exact) mass is 433 g/mol. The molecule has 0 aliphatic carbocycles. The molecule has 0 saturated carbocycles. The molecule has 9 nitrogen and oxygen atoms in total. The van der Waals surface area contributed by atoms with Crippen LogP contribution < -0.4 is 0 Å². The van der Waals surface area contributed by atoms with Crippen molar-refractivity contribution in [3.05, 3.63) is 69.9 Å². The quantitative estimate of drug-likeness (QED) is 0.497. The average molecular weight is 433 g/mol. The fourth-order valence-electron chi connectivity index (χ4n) is 3.74. The van der Waals surface area contributed by atoms with E-state index in [0.29, 0.717) is 41.4 Å². The predicted molar refractivity (Wildman–Crippen MR) is 119 cm³/mol. The first-order valence-corrected chi connectivity index (χ1v) is 10.2. The standard InChI is InChI=1S/C23H23N5O4/c1-15-20(23(30)27-12-10-26(2)11-13-27)21(17-8-9-19(29)18(14-17)28(31)32)25-22(24-15)16-6-4-3-5-7-16/h3-9,14,29H,10-13H2,1-2H3. The number of aryl methyl sites for hydroxylation is 1. The number of nitrogens with zero attached hydrogens (tertiary/aromatic N) is 5. The summed E-state index contributed by atoms with van der Waals surface area (Å²) in [6, 6.07) is 13.3. The molecule has 32 heavy (non-hydrogen) atoms. The normalized spacial score (nSPS) is 14.4. The van der Waals surface area contributed by atoms with Gasteiger partial charge in [0.2, 0.25) is 0 Å². The van der Waals surface area contributed by atoms with E-state index in [-0.39, 0.29) is 5.91 Å². The van der Waals surface area contributed by atoms with Crippen molar-refractivity contribution >= 4 is 11.6 Å². The molecule has 164 valence electrons. The van der Waals surface area contributed by atoms with Crippen LogP contribution in [0.1, 0.15) is 16.1 Å². The molecule has 0 spiro atoms. The number of nitro benzene ring substituents is 1. The fraction of sp³-hybridized carbons (Fsp3) is 0.261. The summed E-state index contributed by atoms with van der Waals surface area (Å²) in [4.78, 5) is 37.4. The van der Waals surface area contributed by atoms with E-state index in [1.807, 2.05) is 37.4 Å². The summed E-state index contributed by atoms with van der Waals surface area (Å²) >= 11 is 0. The number of phenolic OH excluding ortho intramolecular Hbond substituents is 1. The first kappa shape index (κ1) is 21.4. The van der Waals surface area contributed by atoms with Crippen molar-refractivity contribution in [3.63, 3.8) is 0 Å². The van der Waals surface area contributed by atoms with Gasteiger partial charge in [-0.1, -0.05) is 30.3 Å². The van der Waals surface area contributed by atoms with E-state index in [2.05, 4.69) is 14.9 Å². The Morgan fingerprint density at radius 2 is 1.72 bits per heavy atom. The van der Waals surface area contributed by atoms with Gasteiger partial charge >= 0.3 is 5.69 Å². The molecule has 1 aliphatic rings. The van der Waals surface area contributed by atoms with Gasteiger partial charge in [-0.05, 0) is 26.1 Å². The first-order valence-electron chi connectivity index (χ1n) is 10.2. The number of carbonyl (C=O) groups is 1. The van der Waals surface area contributed by atoms with Crippen molar-refractivity contribution in [2.24, 2.45) is 0 Å². The number of carbonyl (C=O) groups excluding carboxylic acids is 1. The summed E-state index contributed by atoms with van der Waals surface area (Å²) in [5, 5.41) is 21.3. The van der Waals surface area contributed by atoms with Crippen molar-refractivity contribution in [1.82, 2.24) is 19.8 Å². The summed E-state index contributed by atoms with van der Waals surface area (Å²) in [6.45, 7) is 4.41. The molecule has 9 heteroatoms. The Hall–Kier alpha value is -3.85. The third-order valence-corrected chi connectivity index (χ3v) is 5.57. The molecule has 0 bridgehead atoms. The number of amides is 1. The SMILES string of the molecule is Cc1nc(-c2ccccc2)nc(-c2ccc(O)c([N+](=O)[O-])c2)c1C(=O)N1CCN(C)CC1. The van der Waals surface area contributed by atoms with Gasteiger partial charge in [0, 0.05) is 43.4 Å². The molecule has 1 fully saturated rings. The fourth-order valence-corrected chi connectivity index (χ4v) is 3.74. The highest BCUT2D eigenvalue weighted by molar-refractivity contribution is 6.01. The van der Waals surface area contributed by atoms with Crippen LogP contribution in [0.25, 0.3) is 22.6 Å². The Morgan fingerprint density at radius 3 is 2.38 bits per heavy atom. The molecule has 0 atom stereocenters. The van der Waals surface area contributed by atoms with E-state index in [0.717, 1.165) is 18.7 Å². The number of nitro groups is 1. The Labute approximate surface area is 185 Å². The Kier molecular flexibility index (Phi) is 5.83. The van der Waals surface area contributed by atoms with Crippen molar-refractivity contribution < 1.29 is 14.8 Å². The van der Waals surface area contributed by atoms with Crippen LogP contribution in [-0.4, -0.2) is 68.9 Å². The van der Waals surface area contributed by atoms with Gasteiger partial charge in [0.05, 0.1) is 21.9 Å². The Morgan fingerprint density at radius 1 is 1.03 bits per heavy atom. The van der Waals surface area contributed by atoms with Crippen LogP contribution in [0, 0.1) is 17.0 Å². The van der Waals surface area contributed by atoms with E-state index >= 15 is 0 Å². The minimum absolute atomic E-state index is 0.207. The van der Waals surface area contributed by atoms with E-state index in [1.54, 1.807) is 11.8 Å². The van der Waals surface area contributed by atoms with Crippen LogP contribution in [0.4, 0.5) is 5.69 Å². The van der Waals surface area contributed by atoms with Gasteiger partial charge in [-0.3, -0.25) is 14.9 Å². The number of aromatic hydroxyl groups is 1. The van der Waals surface area contributed by atoms with Gasteiger partial charge in [0.25, 0.3) is 5.91 Å². The van der Waals surface area contributed by atoms with Crippen molar-refractivity contribution in [2.75, 3.05) is 33.2 Å². The van der Waals surface area contributed by atoms with Gasteiger partial charge < -0.3 is 14.9 Å². The zero-order valence-corrected chi connectivity index (χ0v) is 17.9. The summed E-state index contributed by atoms with van der Waals surface area (Å²) in [7, 11) is 2.01. The number of benzene rings is 2.